The second-order valence-electron chi connectivity index (χ2n) is 8.11. The summed E-state index contributed by atoms with van der Waals surface area (Å²) >= 11 is 0. The molecular weight excluding hydrogens is 354 g/mol. The van der Waals surface area contributed by atoms with Crippen LogP contribution in [0.25, 0.3) is 0 Å². The van der Waals surface area contributed by atoms with Crippen molar-refractivity contribution in [1.29, 1.82) is 0 Å². The lowest BCUT2D eigenvalue weighted by Gasteiger charge is -2.47. The molecule has 2 fully saturated rings. The molecule has 3 aliphatic heterocycles. The Morgan fingerprint density at radius 3 is 2.64 bits per heavy atom. The van der Waals surface area contributed by atoms with Crippen molar-refractivity contribution in [2.24, 2.45) is 0 Å². The zero-order chi connectivity index (χ0) is 19.1. The van der Waals surface area contributed by atoms with Crippen molar-refractivity contribution in [1.82, 2.24) is 19.9 Å². The number of ether oxygens (including phenoxy) is 1. The average Bonchev–Trinajstić information content (AvgIpc) is 3.13. The van der Waals surface area contributed by atoms with Crippen LogP contribution in [0.2, 0.25) is 0 Å². The second kappa shape index (κ2) is 7.22. The molecule has 1 aromatic heterocycles. The van der Waals surface area contributed by atoms with Gasteiger partial charge in [0, 0.05) is 44.2 Å². The van der Waals surface area contributed by atoms with E-state index in [9.17, 15) is 4.79 Å². The number of hydrogen-bond acceptors (Lipinski definition) is 5. The van der Waals surface area contributed by atoms with Gasteiger partial charge in [0.2, 0.25) is 0 Å². The van der Waals surface area contributed by atoms with Gasteiger partial charge in [0.25, 0.3) is 5.91 Å². The van der Waals surface area contributed by atoms with E-state index in [-0.39, 0.29) is 18.1 Å². The Bertz CT molecular complexity index is 840. The Morgan fingerprint density at radius 1 is 1.14 bits per heavy atom. The molecule has 2 N–H and O–H groups in total. The number of aromatic nitrogens is 2. The third-order valence-electron chi connectivity index (χ3n) is 6.40. The van der Waals surface area contributed by atoms with Gasteiger partial charge in [-0.15, -0.1) is 0 Å². The summed E-state index contributed by atoms with van der Waals surface area (Å²) in [6.07, 6.45) is 3.45. The van der Waals surface area contributed by atoms with Gasteiger partial charge < -0.3 is 15.5 Å². The molecule has 2 saturated heterocycles. The quantitative estimate of drug-likeness (QED) is 0.846. The highest BCUT2D eigenvalue weighted by molar-refractivity contribution is 5.93. The van der Waals surface area contributed by atoms with E-state index in [4.69, 9.17) is 4.74 Å². The first-order valence-electron chi connectivity index (χ1n) is 10.2. The summed E-state index contributed by atoms with van der Waals surface area (Å²) in [6, 6.07) is 10.9. The number of likely N-dealkylation sites (tertiary alicyclic amines) is 1. The van der Waals surface area contributed by atoms with Gasteiger partial charge in [-0.25, -0.2) is 9.66 Å². The van der Waals surface area contributed by atoms with Crippen LogP contribution in [-0.2, 0) is 4.74 Å². The number of hydrogen-bond donors (Lipinski definition) is 2. The van der Waals surface area contributed by atoms with Crippen molar-refractivity contribution in [3.63, 3.8) is 0 Å². The minimum atomic E-state index is -0.135. The first kappa shape index (κ1) is 17.7. The highest BCUT2D eigenvalue weighted by atomic mass is 16.5. The molecule has 3 aliphatic rings. The summed E-state index contributed by atoms with van der Waals surface area (Å²) in [4.78, 5) is 19.6. The molecule has 0 saturated carbocycles. The van der Waals surface area contributed by atoms with Crippen molar-refractivity contribution in [3.05, 3.63) is 53.6 Å². The molecule has 1 aromatic carbocycles. The Hall–Kier alpha value is -2.38. The lowest BCUT2D eigenvalue weighted by molar-refractivity contribution is 0.0666. The molecule has 0 aliphatic carbocycles. The molecular formula is C21H27N5O2. The summed E-state index contributed by atoms with van der Waals surface area (Å²) in [5.74, 6) is 1.81. The third-order valence-corrected chi connectivity index (χ3v) is 6.40. The fourth-order valence-corrected chi connectivity index (χ4v) is 4.51. The van der Waals surface area contributed by atoms with E-state index in [1.165, 1.54) is 5.56 Å². The monoisotopic (exact) mass is 381 g/mol. The first-order valence-corrected chi connectivity index (χ1v) is 10.2. The molecule has 7 nitrogen and oxygen atoms in total. The summed E-state index contributed by atoms with van der Waals surface area (Å²) in [6.45, 7) is 5.72. The normalized spacial score (nSPS) is 24.8. The number of amides is 1. The third kappa shape index (κ3) is 3.08. The van der Waals surface area contributed by atoms with Crippen molar-refractivity contribution < 1.29 is 9.53 Å². The van der Waals surface area contributed by atoms with E-state index in [2.05, 4.69) is 57.9 Å². The van der Waals surface area contributed by atoms with Gasteiger partial charge in [0.1, 0.15) is 17.7 Å². The van der Waals surface area contributed by atoms with E-state index in [0.29, 0.717) is 17.5 Å². The van der Waals surface area contributed by atoms with Crippen molar-refractivity contribution in [3.8, 4) is 0 Å². The predicted molar refractivity (Wildman–Crippen MR) is 106 cm³/mol. The number of fused-ring (bicyclic) bond motifs is 1. The van der Waals surface area contributed by atoms with E-state index in [1.54, 1.807) is 6.20 Å². The summed E-state index contributed by atoms with van der Waals surface area (Å²) in [5.41, 5.74) is 5.50. The van der Waals surface area contributed by atoms with Gasteiger partial charge in [-0.3, -0.25) is 9.69 Å². The Kier molecular flexibility index (Phi) is 4.56. The van der Waals surface area contributed by atoms with Crippen LogP contribution in [0.3, 0.4) is 0 Å². The van der Waals surface area contributed by atoms with Gasteiger partial charge in [-0.2, -0.15) is 0 Å². The molecule has 0 bridgehead atoms. The smallest absolute Gasteiger partial charge is 0.273 e. The number of carbonyl (C=O) groups is 1. The van der Waals surface area contributed by atoms with Crippen LogP contribution < -0.4 is 10.7 Å². The zero-order valence-corrected chi connectivity index (χ0v) is 16.2. The SMILES string of the molecule is CC(C1NC(=O)c2cnc(C3CCOCC3)n2N1)N1CC(c2ccccc2)C1. The van der Waals surface area contributed by atoms with E-state index in [1.807, 2.05) is 4.68 Å². The zero-order valence-electron chi connectivity index (χ0n) is 16.2. The van der Waals surface area contributed by atoms with Crippen molar-refractivity contribution in [2.75, 3.05) is 31.7 Å². The second-order valence-corrected chi connectivity index (χ2v) is 8.11. The summed E-state index contributed by atoms with van der Waals surface area (Å²) < 4.78 is 7.40. The molecule has 5 rings (SSSR count). The van der Waals surface area contributed by atoms with Crippen LogP contribution in [0, 0.1) is 0 Å². The molecule has 7 heteroatoms. The maximum Gasteiger partial charge on any atom is 0.273 e. The van der Waals surface area contributed by atoms with Crippen molar-refractivity contribution in [2.45, 2.75) is 43.8 Å². The molecule has 0 radical (unpaired) electrons. The molecule has 1 amide bonds. The van der Waals surface area contributed by atoms with Crippen LogP contribution in [-0.4, -0.2) is 59.0 Å². The highest BCUT2D eigenvalue weighted by Crippen LogP contribution is 2.31. The summed E-state index contributed by atoms with van der Waals surface area (Å²) in [5, 5.41) is 3.12. The predicted octanol–water partition coefficient (Wildman–Crippen LogP) is 1.88. The van der Waals surface area contributed by atoms with Gasteiger partial charge in [0.05, 0.1) is 6.20 Å². The standard InChI is InChI=1S/C21H27N5O2/c1-14(25-12-17(13-25)15-5-3-2-4-6-15)19-23-21(27)18-11-22-20(26(18)24-19)16-7-9-28-10-8-16/h2-6,11,14,16-17,19,24H,7-10,12-13H2,1H3,(H,23,27). The Balaban J connectivity index is 1.28. The fraction of sp³-hybridized carbons (Fsp3) is 0.524. The number of nitrogens with zero attached hydrogens (tertiary/aromatic N) is 3. The lowest BCUT2D eigenvalue weighted by Crippen LogP contribution is -2.63. The van der Waals surface area contributed by atoms with Crippen LogP contribution >= 0.6 is 0 Å². The first-order chi connectivity index (χ1) is 13.7. The Morgan fingerprint density at radius 2 is 1.89 bits per heavy atom. The molecule has 148 valence electrons. The molecule has 2 aromatic rings. The lowest BCUT2D eigenvalue weighted by atomic mass is 9.90. The van der Waals surface area contributed by atoms with Gasteiger partial charge >= 0.3 is 0 Å². The van der Waals surface area contributed by atoms with Crippen LogP contribution in [0.15, 0.2) is 36.5 Å². The molecule has 0 spiro atoms. The molecule has 28 heavy (non-hydrogen) atoms. The van der Waals surface area contributed by atoms with Crippen molar-refractivity contribution >= 4 is 5.91 Å². The summed E-state index contributed by atoms with van der Waals surface area (Å²) in [7, 11) is 0. The topological polar surface area (TPSA) is 71.4 Å². The number of nitrogens with one attached hydrogen (secondary N) is 2. The largest absolute Gasteiger partial charge is 0.381 e. The fourth-order valence-electron chi connectivity index (χ4n) is 4.51. The average molecular weight is 381 g/mol. The van der Waals surface area contributed by atoms with Crippen LogP contribution in [0.5, 0.6) is 0 Å². The number of imidazole rings is 1. The minimum Gasteiger partial charge on any atom is -0.381 e. The number of carbonyl (C=O) groups excluding carboxylic acids is 1. The highest BCUT2D eigenvalue weighted by Gasteiger charge is 2.38. The van der Waals surface area contributed by atoms with Gasteiger partial charge in [0.15, 0.2) is 0 Å². The van der Waals surface area contributed by atoms with E-state index >= 15 is 0 Å². The molecule has 2 unspecified atom stereocenters. The van der Waals surface area contributed by atoms with E-state index in [0.717, 1.165) is 45.0 Å². The van der Waals surface area contributed by atoms with Crippen LogP contribution in [0.4, 0.5) is 0 Å². The molecule has 4 heterocycles. The van der Waals surface area contributed by atoms with Gasteiger partial charge in [-0.05, 0) is 25.3 Å². The molecule has 2 atom stereocenters. The maximum atomic E-state index is 12.7. The van der Waals surface area contributed by atoms with E-state index < -0.39 is 0 Å². The number of rotatable bonds is 4. The maximum absolute atomic E-state index is 12.7. The van der Waals surface area contributed by atoms with Gasteiger partial charge in [-0.1, -0.05) is 30.3 Å². The number of benzene rings is 1. The minimum absolute atomic E-state index is 0.0541. The Labute approximate surface area is 165 Å². The van der Waals surface area contributed by atoms with Crippen LogP contribution in [0.1, 0.15) is 53.5 Å².